The van der Waals surface area contributed by atoms with Gasteiger partial charge in [0.25, 0.3) is 0 Å². The van der Waals surface area contributed by atoms with Gasteiger partial charge < -0.3 is 10.4 Å². The zero-order valence-electron chi connectivity index (χ0n) is 11.3. The average Bonchev–Trinajstić information content (AvgIpc) is 3.07. The lowest BCUT2D eigenvalue weighted by Gasteiger charge is -2.20. The van der Waals surface area contributed by atoms with Gasteiger partial charge in [-0.05, 0) is 49.7 Å². The molecule has 1 heterocycles. The summed E-state index contributed by atoms with van der Waals surface area (Å²) in [7, 11) is 0. The number of nitrogens with one attached hydrogen (secondary N) is 1. The van der Waals surface area contributed by atoms with Crippen molar-refractivity contribution in [1.29, 1.82) is 0 Å². The molecule has 2 bridgehead atoms. The van der Waals surface area contributed by atoms with Crippen LogP contribution in [0.5, 0.6) is 0 Å². The van der Waals surface area contributed by atoms with Crippen molar-refractivity contribution < 1.29 is 9.58 Å². The summed E-state index contributed by atoms with van der Waals surface area (Å²) in [5.41, 5.74) is 0.450. The Hall–Kier alpha value is -1.82. The Balaban J connectivity index is 1.72. The highest BCUT2D eigenvalue weighted by Gasteiger charge is 2.42. The molecule has 1 aromatic carbocycles. The maximum atomic E-state index is 12.4. The van der Waals surface area contributed by atoms with Gasteiger partial charge >= 0.3 is 11.5 Å². The van der Waals surface area contributed by atoms with Crippen molar-refractivity contribution in [3.8, 4) is 0 Å². The summed E-state index contributed by atoms with van der Waals surface area (Å²) < 4.78 is 0.687. The fourth-order valence-corrected chi connectivity index (χ4v) is 3.96. The quantitative estimate of drug-likeness (QED) is 0.677. The van der Waals surface area contributed by atoms with Crippen LogP contribution in [0.2, 0.25) is 5.02 Å². The Kier molecular flexibility index (Phi) is 2.82. The van der Waals surface area contributed by atoms with Crippen molar-refractivity contribution in [1.82, 2.24) is 5.10 Å². The summed E-state index contributed by atoms with van der Waals surface area (Å²) in [6, 6.07) is 4.85. The van der Waals surface area contributed by atoms with E-state index in [-0.39, 0.29) is 23.0 Å². The lowest BCUT2D eigenvalue weighted by Crippen LogP contribution is -2.46. The van der Waals surface area contributed by atoms with Gasteiger partial charge in [-0.3, -0.25) is 5.32 Å². The fraction of sp³-hybridized carbons (Fsp3) is 0.500. The molecule has 1 aromatic heterocycles. The topological polar surface area (TPSA) is 78.8 Å². The lowest BCUT2D eigenvalue weighted by atomic mass is 9.95. The summed E-state index contributed by atoms with van der Waals surface area (Å²) in [5.74, 6) is 1.43. The standard InChI is InChI=1S/C14H15ClN4O2/c15-10-3-4-12-13(7-10)19(21)17-14(18(12)20)16-11-6-8-1-2-9(11)5-8/h3-4,7-9,11H,1-2,5-6H2,(H,16,17)/t8-,9+,11+/m0/s1. The van der Waals surface area contributed by atoms with E-state index in [1.165, 1.54) is 25.3 Å². The lowest BCUT2D eigenvalue weighted by molar-refractivity contribution is -0.672. The second kappa shape index (κ2) is 4.59. The molecule has 2 aliphatic rings. The van der Waals surface area contributed by atoms with Crippen LogP contribution in [0.3, 0.4) is 0 Å². The van der Waals surface area contributed by atoms with Crippen LogP contribution in [0.25, 0.3) is 11.0 Å². The van der Waals surface area contributed by atoms with E-state index in [4.69, 9.17) is 11.6 Å². The highest BCUT2D eigenvalue weighted by atomic mass is 35.5. The molecule has 0 saturated heterocycles. The van der Waals surface area contributed by atoms with Crippen molar-refractivity contribution in [3.63, 3.8) is 0 Å². The first kappa shape index (κ1) is 12.9. The Bertz CT molecular complexity index is 724. The van der Waals surface area contributed by atoms with Gasteiger partial charge in [0.15, 0.2) is 5.52 Å². The molecule has 110 valence electrons. The van der Waals surface area contributed by atoms with Gasteiger partial charge in [-0.15, -0.1) is 0 Å². The first-order valence-corrected chi connectivity index (χ1v) is 7.59. The third-order valence-electron chi connectivity index (χ3n) is 4.79. The number of halogens is 1. The van der Waals surface area contributed by atoms with Crippen LogP contribution in [0, 0.1) is 22.3 Å². The number of nitrogens with zero attached hydrogens (tertiary/aromatic N) is 3. The molecule has 4 rings (SSSR count). The summed E-state index contributed by atoms with van der Waals surface area (Å²) >= 11 is 5.86. The van der Waals surface area contributed by atoms with E-state index < -0.39 is 0 Å². The van der Waals surface area contributed by atoms with Gasteiger partial charge in [-0.25, -0.2) is 4.73 Å². The van der Waals surface area contributed by atoms with Crippen molar-refractivity contribution in [3.05, 3.63) is 33.6 Å². The van der Waals surface area contributed by atoms with E-state index in [2.05, 4.69) is 10.4 Å². The van der Waals surface area contributed by atoms with Crippen LogP contribution in [0.1, 0.15) is 25.7 Å². The molecule has 21 heavy (non-hydrogen) atoms. The Morgan fingerprint density at radius 3 is 2.76 bits per heavy atom. The molecule has 0 spiro atoms. The van der Waals surface area contributed by atoms with E-state index in [9.17, 15) is 10.4 Å². The van der Waals surface area contributed by atoms with Crippen LogP contribution in [-0.2, 0) is 0 Å². The Morgan fingerprint density at radius 1 is 1.19 bits per heavy atom. The van der Waals surface area contributed by atoms with E-state index in [1.54, 1.807) is 12.1 Å². The normalized spacial score (nSPS) is 27.4. The molecule has 3 atom stereocenters. The second-order valence-corrected chi connectivity index (χ2v) is 6.49. The zero-order valence-corrected chi connectivity index (χ0v) is 12.1. The highest BCUT2D eigenvalue weighted by Crippen LogP contribution is 2.45. The second-order valence-electron chi connectivity index (χ2n) is 6.05. The van der Waals surface area contributed by atoms with Crippen molar-refractivity contribution >= 4 is 28.6 Å². The van der Waals surface area contributed by atoms with Gasteiger partial charge in [-0.2, -0.15) is 0 Å². The van der Waals surface area contributed by atoms with Gasteiger partial charge in [0.2, 0.25) is 5.10 Å². The smallest absolute Gasteiger partial charge is 0.461 e. The molecule has 2 aromatic rings. The summed E-state index contributed by atoms with van der Waals surface area (Å²) in [6.45, 7) is 0. The summed E-state index contributed by atoms with van der Waals surface area (Å²) in [6.07, 6.45) is 4.76. The molecule has 0 aliphatic heterocycles. The molecular formula is C14H15ClN4O2. The molecule has 1 N–H and O–H groups in total. The first-order valence-electron chi connectivity index (χ1n) is 7.21. The monoisotopic (exact) mass is 306 g/mol. The van der Waals surface area contributed by atoms with Crippen molar-refractivity contribution in [2.45, 2.75) is 31.7 Å². The highest BCUT2D eigenvalue weighted by molar-refractivity contribution is 6.31. The number of aromatic nitrogens is 3. The number of rotatable bonds is 2. The van der Waals surface area contributed by atoms with Gasteiger partial charge in [0.05, 0.1) is 6.04 Å². The molecular weight excluding hydrogens is 292 g/mol. The van der Waals surface area contributed by atoms with Crippen molar-refractivity contribution in [2.24, 2.45) is 11.8 Å². The number of hydrogen-bond acceptors (Lipinski definition) is 4. The van der Waals surface area contributed by atoms with E-state index in [0.29, 0.717) is 20.5 Å². The summed E-state index contributed by atoms with van der Waals surface area (Å²) in [4.78, 5) is 0.463. The first-order chi connectivity index (χ1) is 10.1. The third-order valence-corrected chi connectivity index (χ3v) is 5.03. The van der Waals surface area contributed by atoms with E-state index in [1.807, 2.05) is 0 Å². The molecule has 0 amide bonds. The maximum Gasteiger partial charge on any atom is 0.461 e. The molecule has 6 nitrogen and oxygen atoms in total. The molecule has 2 aliphatic carbocycles. The van der Waals surface area contributed by atoms with E-state index in [0.717, 1.165) is 12.3 Å². The fourth-order valence-electron chi connectivity index (χ4n) is 3.79. The molecule has 2 saturated carbocycles. The molecule has 7 heteroatoms. The number of fused-ring (bicyclic) bond motifs is 3. The van der Waals surface area contributed by atoms with Crippen molar-refractivity contribution in [2.75, 3.05) is 5.32 Å². The van der Waals surface area contributed by atoms with Crippen LogP contribution >= 0.6 is 11.6 Å². The minimum Gasteiger partial charge on any atom is -0.739 e. The van der Waals surface area contributed by atoms with Crippen LogP contribution < -0.4 is 14.9 Å². The number of anilines is 1. The Morgan fingerprint density at radius 2 is 2.05 bits per heavy atom. The van der Waals surface area contributed by atoms with Gasteiger partial charge in [-0.1, -0.05) is 11.6 Å². The maximum absolute atomic E-state index is 12.4. The number of benzene rings is 1. The predicted octanol–water partition coefficient (Wildman–Crippen LogP) is 1.76. The minimum absolute atomic E-state index is 0.0809. The average molecular weight is 307 g/mol. The van der Waals surface area contributed by atoms with Gasteiger partial charge in [0.1, 0.15) is 0 Å². The minimum atomic E-state index is 0.0809. The van der Waals surface area contributed by atoms with Crippen LogP contribution in [-0.4, -0.2) is 11.1 Å². The molecule has 0 radical (unpaired) electrons. The summed E-state index contributed by atoms with van der Waals surface area (Å²) in [5, 5.41) is 31.8. The van der Waals surface area contributed by atoms with Crippen LogP contribution in [0.4, 0.5) is 5.95 Å². The third kappa shape index (κ3) is 2.05. The number of hydrogen-bond donors (Lipinski definition) is 1. The van der Waals surface area contributed by atoms with Crippen LogP contribution in [0.15, 0.2) is 18.2 Å². The molecule has 0 unspecified atom stereocenters. The molecule has 2 fully saturated rings. The largest absolute Gasteiger partial charge is 0.739 e. The zero-order chi connectivity index (χ0) is 14.6. The van der Waals surface area contributed by atoms with E-state index >= 15 is 0 Å². The Labute approximate surface area is 126 Å². The predicted molar refractivity (Wildman–Crippen MR) is 77.5 cm³/mol. The van der Waals surface area contributed by atoms with Gasteiger partial charge in [0, 0.05) is 15.9 Å². The SMILES string of the molecule is [O-][n+]1nc(N[C@@H]2C[C@H]3CC[C@@H]2C3)[n+]([O-])c2ccc(Cl)cc21.